The van der Waals surface area contributed by atoms with Gasteiger partial charge in [0.15, 0.2) is 0 Å². The fourth-order valence-electron chi connectivity index (χ4n) is 5.21. The van der Waals surface area contributed by atoms with Crippen LogP contribution in [-0.4, -0.2) is 28.7 Å². The third-order valence-electron chi connectivity index (χ3n) is 6.88. The number of nitrogens with zero attached hydrogens (tertiary/aromatic N) is 1. The Kier molecular flexibility index (Phi) is 5.85. The SMILES string of the molecule is O=C(OCC1c2ccccc2-c2ccccc21)N(Cc1ccc(O)cc1)C1CCCCC1. The van der Waals surface area contributed by atoms with E-state index in [1.54, 1.807) is 12.1 Å². The molecule has 4 heteroatoms. The van der Waals surface area contributed by atoms with Crippen LogP contribution in [0.15, 0.2) is 72.8 Å². The minimum Gasteiger partial charge on any atom is -0.508 e. The Bertz CT molecular complexity index is 1040. The molecule has 0 bridgehead atoms. The van der Waals surface area contributed by atoms with Gasteiger partial charge in [0.05, 0.1) is 0 Å². The van der Waals surface area contributed by atoms with Gasteiger partial charge in [0.25, 0.3) is 0 Å². The van der Waals surface area contributed by atoms with Crippen LogP contribution in [0, 0.1) is 0 Å². The molecule has 3 aromatic rings. The van der Waals surface area contributed by atoms with Crippen molar-refractivity contribution < 1.29 is 14.6 Å². The van der Waals surface area contributed by atoms with Gasteiger partial charge in [-0.2, -0.15) is 0 Å². The number of hydrogen-bond donors (Lipinski definition) is 1. The van der Waals surface area contributed by atoms with E-state index < -0.39 is 0 Å². The molecule has 4 nitrogen and oxygen atoms in total. The molecule has 0 spiro atoms. The van der Waals surface area contributed by atoms with E-state index in [1.807, 2.05) is 17.0 Å². The number of aromatic hydroxyl groups is 1. The Balaban J connectivity index is 1.35. The molecule has 1 fully saturated rings. The van der Waals surface area contributed by atoms with Crippen molar-refractivity contribution in [1.29, 1.82) is 0 Å². The Morgan fingerprint density at radius 2 is 1.44 bits per heavy atom. The molecule has 1 N–H and O–H groups in total. The van der Waals surface area contributed by atoms with Gasteiger partial charge in [-0.1, -0.05) is 79.9 Å². The lowest BCUT2D eigenvalue weighted by atomic mass is 9.94. The zero-order valence-electron chi connectivity index (χ0n) is 18.2. The summed E-state index contributed by atoms with van der Waals surface area (Å²) in [5.41, 5.74) is 5.92. The number of carbonyl (C=O) groups excluding carboxylic acids is 1. The molecule has 2 aliphatic rings. The van der Waals surface area contributed by atoms with Crippen LogP contribution >= 0.6 is 0 Å². The minimum absolute atomic E-state index is 0.0632. The zero-order chi connectivity index (χ0) is 21.9. The van der Waals surface area contributed by atoms with Crippen molar-refractivity contribution in [1.82, 2.24) is 4.90 Å². The fourth-order valence-corrected chi connectivity index (χ4v) is 5.21. The highest BCUT2D eigenvalue weighted by Crippen LogP contribution is 2.44. The topological polar surface area (TPSA) is 49.8 Å². The summed E-state index contributed by atoms with van der Waals surface area (Å²) in [4.78, 5) is 15.2. The van der Waals surface area contributed by atoms with Crippen LogP contribution in [0.1, 0.15) is 54.7 Å². The summed E-state index contributed by atoms with van der Waals surface area (Å²) in [5.74, 6) is 0.298. The predicted molar refractivity (Wildman–Crippen MR) is 126 cm³/mol. The number of hydrogen-bond acceptors (Lipinski definition) is 3. The smallest absolute Gasteiger partial charge is 0.410 e. The molecule has 0 aromatic heterocycles. The molecule has 1 amide bonds. The van der Waals surface area contributed by atoms with Gasteiger partial charge in [-0.15, -0.1) is 0 Å². The number of benzene rings is 3. The van der Waals surface area contributed by atoms with Gasteiger partial charge in [0.1, 0.15) is 12.4 Å². The van der Waals surface area contributed by atoms with E-state index in [4.69, 9.17) is 4.74 Å². The summed E-state index contributed by atoms with van der Waals surface area (Å²) in [6, 6.07) is 24.1. The summed E-state index contributed by atoms with van der Waals surface area (Å²) >= 11 is 0. The van der Waals surface area contributed by atoms with Gasteiger partial charge < -0.3 is 14.7 Å². The van der Waals surface area contributed by atoms with Gasteiger partial charge in [-0.05, 0) is 52.8 Å². The predicted octanol–water partition coefficient (Wildman–Crippen LogP) is 6.48. The normalized spacial score (nSPS) is 15.8. The number of amides is 1. The molecule has 164 valence electrons. The molecule has 3 aromatic carbocycles. The average molecular weight is 428 g/mol. The average Bonchev–Trinajstić information content (AvgIpc) is 3.16. The van der Waals surface area contributed by atoms with E-state index in [0.29, 0.717) is 13.2 Å². The summed E-state index contributed by atoms with van der Waals surface area (Å²) in [6.45, 7) is 0.841. The van der Waals surface area contributed by atoms with Gasteiger partial charge in [0.2, 0.25) is 0 Å². The van der Waals surface area contributed by atoms with Crippen LogP contribution in [-0.2, 0) is 11.3 Å². The van der Waals surface area contributed by atoms with Gasteiger partial charge in [-0.3, -0.25) is 0 Å². The maximum absolute atomic E-state index is 13.3. The third kappa shape index (κ3) is 4.10. The van der Waals surface area contributed by atoms with Crippen molar-refractivity contribution in [2.75, 3.05) is 6.61 Å². The number of phenols is 1. The van der Waals surface area contributed by atoms with E-state index in [1.165, 1.54) is 28.7 Å². The number of carbonyl (C=O) groups is 1. The number of ether oxygens (including phenoxy) is 1. The maximum Gasteiger partial charge on any atom is 0.410 e. The van der Waals surface area contributed by atoms with Gasteiger partial charge in [0, 0.05) is 18.5 Å². The van der Waals surface area contributed by atoms with Crippen molar-refractivity contribution >= 4 is 6.09 Å². The molecular formula is C28H29NO3. The summed E-state index contributed by atoms with van der Waals surface area (Å²) in [5, 5.41) is 9.61. The molecule has 2 aliphatic carbocycles. The van der Waals surface area contributed by atoms with Crippen molar-refractivity contribution in [2.45, 2.75) is 50.6 Å². The lowest BCUT2D eigenvalue weighted by molar-refractivity contribution is 0.0715. The van der Waals surface area contributed by atoms with Crippen molar-refractivity contribution in [3.8, 4) is 16.9 Å². The van der Waals surface area contributed by atoms with E-state index in [-0.39, 0.29) is 23.8 Å². The van der Waals surface area contributed by atoms with Crippen molar-refractivity contribution in [2.24, 2.45) is 0 Å². The molecule has 0 unspecified atom stereocenters. The van der Waals surface area contributed by atoms with E-state index in [0.717, 1.165) is 31.2 Å². The molecule has 0 saturated heterocycles. The Morgan fingerprint density at radius 3 is 2.06 bits per heavy atom. The Labute approximate surface area is 189 Å². The molecule has 1 saturated carbocycles. The Hall–Kier alpha value is -3.27. The standard InChI is InChI=1S/C28H29NO3/c30-22-16-14-20(15-17-22)18-29(21-8-2-1-3-9-21)28(31)32-19-27-25-12-6-4-10-23(25)24-11-5-7-13-26(24)27/h4-7,10-17,21,27,30H,1-3,8-9,18-19H2. The first kappa shape index (κ1) is 20.6. The highest BCUT2D eigenvalue weighted by Gasteiger charge is 2.31. The summed E-state index contributed by atoms with van der Waals surface area (Å²) in [6.07, 6.45) is 5.31. The van der Waals surface area contributed by atoms with E-state index in [2.05, 4.69) is 48.5 Å². The highest BCUT2D eigenvalue weighted by atomic mass is 16.6. The quantitative estimate of drug-likeness (QED) is 0.507. The molecular weight excluding hydrogens is 398 g/mol. The monoisotopic (exact) mass is 427 g/mol. The van der Waals surface area contributed by atoms with Crippen LogP contribution in [0.2, 0.25) is 0 Å². The first-order valence-electron chi connectivity index (χ1n) is 11.6. The minimum atomic E-state index is -0.244. The zero-order valence-corrected chi connectivity index (χ0v) is 18.2. The van der Waals surface area contributed by atoms with Crippen LogP contribution in [0.4, 0.5) is 4.79 Å². The van der Waals surface area contributed by atoms with Gasteiger partial charge >= 0.3 is 6.09 Å². The highest BCUT2D eigenvalue weighted by molar-refractivity contribution is 5.79. The molecule has 0 aliphatic heterocycles. The van der Waals surface area contributed by atoms with E-state index >= 15 is 0 Å². The largest absolute Gasteiger partial charge is 0.508 e. The second-order valence-electron chi connectivity index (χ2n) is 8.89. The van der Waals surface area contributed by atoms with Crippen LogP contribution < -0.4 is 0 Å². The lowest BCUT2D eigenvalue weighted by Gasteiger charge is -2.34. The summed E-state index contributed by atoms with van der Waals surface area (Å²) in [7, 11) is 0. The molecule has 5 rings (SSSR count). The number of rotatable bonds is 5. The molecule has 32 heavy (non-hydrogen) atoms. The number of fused-ring (bicyclic) bond motifs is 3. The van der Waals surface area contributed by atoms with Gasteiger partial charge in [-0.25, -0.2) is 4.79 Å². The summed E-state index contributed by atoms with van der Waals surface area (Å²) < 4.78 is 5.99. The first-order chi connectivity index (χ1) is 15.7. The van der Waals surface area contributed by atoms with Crippen LogP contribution in [0.3, 0.4) is 0 Å². The molecule has 0 atom stereocenters. The second kappa shape index (κ2) is 9.07. The molecule has 0 heterocycles. The number of phenolic OH excluding ortho intramolecular Hbond substituents is 1. The lowest BCUT2D eigenvalue weighted by Crippen LogP contribution is -2.41. The Morgan fingerprint density at radius 1 is 0.844 bits per heavy atom. The van der Waals surface area contributed by atoms with Crippen molar-refractivity contribution in [3.05, 3.63) is 89.5 Å². The van der Waals surface area contributed by atoms with Crippen molar-refractivity contribution in [3.63, 3.8) is 0 Å². The van der Waals surface area contributed by atoms with Crippen LogP contribution in [0.5, 0.6) is 5.75 Å². The molecule has 0 radical (unpaired) electrons. The second-order valence-corrected chi connectivity index (χ2v) is 8.89. The first-order valence-corrected chi connectivity index (χ1v) is 11.6. The van der Waals surface area contributed by atoms with Crippen LogP contribution in [0.25, 0.3) is 11.1 Å². The third-order valence-corrected chi connectivity index (χ3v) is 6.88. The fraction of sp³-hybridized carbons (Fsp3) is 0.321. The maximum atomic E-state index is 13.3. The van der Waals surface area contributed by atoms with E-state index in [9.17, 15) is 9.90 Å².